The van der Waals surface area contributed by atoms with Crippen molar-refractivity contribution in [2.75, 3.05) is 13.2 Å². The fraction of sp³-hybridized carbons (Fsp3) is 0.409. The van der Waals surface area contributed by atoms with Gasteiger partial charge in [0, 0.05) is 55.2 Å². The van der Waals surface area contributed by atoms with Gasteiger partial charge < -0.3 is 20.1 Å². The molecule has 52 heavy (non-hydrogen) atoms. The van der Waals surface area contributed by atoms with Gasteiger partial charge >= 0.3 is 0 Å². The molecule has 8 rings (SSSR count). The van der Waals surface area contributed by atoms with Crippen LogP contribution in [0.15, 0.2) is 97.1 Å². The molecule has 2 N–H and O–H groups in total. The number of benzene rings is 4. The summed E-state index contributed by atoms with van der Waals surface area (Å²) in [6.45, 7) is 5.83. The summed E-state index contributed by atoms with van der Waals surface area (Å²) in [5, 5.41) is 7.63. The van der Waals surface area contributed by atoms with Gasteiger partial charge in [0.05, 0.1) is 13.2 Å². The molecular weight excluding hydrogens is 691 g/mol. The molecule has 0 saturated heterocycles. The predicted molar refractivity (Wildman–Crippen MR) is 208 cm³/mol. The van der Waals surface area contributed by atoms with E-state index in [2.05, 4.69) is 60.9 Å². The zero-order valence-corrected chi connectivity index (χ0v) is 31.5. The third-order valence-corrected chi connectivity index (χ3v) is 12.7. The van der Waals surface area contributed by atoms with Gasteiger partial charge in [0.1, 0.15) is 11.5 Å². The standard InChI is InChI=1S/2C22H24ClNO2/c2*1-15(24-21(25)17-6-8-18(23)9-7-17)16-10-12-22(13-11-16)14-26-20-5-3-2-4-19(20)22/h2*2-9,15-16H,10-14H2,1H3,(H,24,25)/t2*15-,16?,22?/m10/s1. The number of para-hydroxylation sites is 2. The Hall–Kier alpha value is -4.00. The van der Waals surface area contributed by atoms with Gasteiger partial charge in [-0.15, -0.1) is 0 Å². The van der Waals surface area contributed by atoms with Gasteiger partial charge in [0.25, 0.3) is 11.8 Å². The van der Waals surface area contributed by atoms with E-state index in [1.54, 1.807) is 48.5 Å². The number of nitrogens with one attached hydrogen (secondary N) is 2. The largest absolute Gasteiger partial charge is 0.492 e. The van der Waals surface area contributed by atoms with Crippen molar-refractivity contribution in [3.63, 3.8) is 0 Å². The second kappa shape index (κ2) is 15.5. The minimum atomic E-state index is -0.0241. The van der Waals surface area contributed by atoms with Gasteiger partial charge in [0.15, 0.2) is 0 Å². The van der Waals surface area contributed by atoms with E-state index in [0.717, 1.165) is 76.1 Å². The molecule has 0 aromatic heterocycles. The molecule has 0 radical (unpaired) electrons. The molecule has 2 aliphatic carbocycles. The highest BCUT2D eigenvalue weighted by molar-refractivity contribution is 6.31. The van der Waals surface area contributed by atoms with E-state index < -0.39 is 0 Å². The Morgan fingerprint density at radius 2 is 0.923 bits per heavy atom. The predicted octanol–water partition coefficient (Wildman–Crippen LogP) is 9.96. The first-order valence-electron chi connectivity index (χ1n) is 18.7. The van der Waals surface area contributed by atoms with Gasteiger partial charge in [-0.2, -0.15) is 0 Å². The molecule has 4 aromatic rings. The molecule has 2 spiro atoms. The van der Waals surface area contributed by atoms with Crippen molar-refractivity contribution in [3.8, 4) is 11.5 Å². The molecule has 272 valence electrons. The van der Waals surface area contributed by atoms with Crippen molar-refractivity contribution in [3.05, 3.63) is 129 Å². The lowest BCUT2D eigenvalue weighted by Crippen LogP contribution is -2.42. The number of hydrogen-bond acceptors (Lipinski definition) is 4. The molecule has 4 aromatic carbocycles. The van der Waals surface area contributed by atoms with E-state index in [0.29, 0.717) is 33.0 Å². The molecule has 2 saturated carbocycles. The number of ether oxygens (including phenoxy) is 2. The lowest BCUT2D eigenvalue weighted by molar-refractivity contribution is 0.0897. The molecule has 6 nitrogen and oxygen atoms in total. The lowest BCUT2D eigenvalue weighted by Gasteiger charge is -2.38. The molecule has 2 atom stereocenters. The van der Waals surface area contributed by atoms with Gasteiger partial charge in [-0.3, -0.25) is 9.59 Å². The molecule has 8 heteroatoms. The number of amides is 2. The SMILES string of the molecule is C[C@@H](NC(=O)c1ccc(Cl)cc1)C1CCC2(CC1)COc1ccccc12.C[C@H](NC(=O)c1ccc(Cl)cc1)C1CCC2(CC1)COc1ccccc12. The van der Waals surface area contributed by atoms with E-state index in [1.165, 1.54) is 11.1 Å². The van der Waals surface area contributed by atoms with Crippen LogP contribution in [0.3, 0.4) is 0 Å². The summed E-state index contributed by atoms with van der Waals surface area (Å²) < 4.78 is 11.9. The van der Waals surface area contributed by atoms with Crippen LogP contribution in [0.5, 0.6) is 11.5 Å². The topological polar surface area (TPSA) is 76.7 Å². The van der Waals surface area contributed by atoms with Crippen molar-refractivity contribution in [1.82, 2.24) is 10.6 Å². The summed E-state index contributed by atoms with van der Waals surface area (Å²) in [6.07, 6.45) is 8.93. The third kappa shape index (κ3) is 7.70. The van der Waals surface area contributed by atoms with Crippen molar-refractivity contribution < 1.29 is 19.1 Å². The maximum absolute atomic E-state index is 12.4. The Balaban J connectivity index is 0.000000162. The van der Waals surface area contributed by atoms with Crippen LogP contribution in [-0.4, -0.2) is 37.1 Å². The fourth-order valence-corrected chi connectivity index (χ4v) is 9.13. The third-order valence-electron chi connectivity index (χ3n) is 12.2. The normalized spacial score (nSPS) is 25.4. The van der Waals surface area contributed by atoms with Crippen LogP contribution in [0, 0.1) is 11.8 Å². The summed E-state index contributed by atoms with van der Waals surface area (Å²) >= 11 is 11.8. The first kappa shape index (κ1) is 36.4. The van der Waals surface area contributed by atoms with E-state index in [-0.39, 0.29) is 34.7 Å². The van der Waals surface area contributed by atoms with Crippen molar-refractivity contribution in [2.24, 2.45) is 11.8 Å². The summed E-state index contributed by atoms with van der Waals surface area (Å²) in [5.74, 6) is 3.06. The van der Waals surface area contributed by atoms with Crippen LogP contribution in [0.25, 0.3) is 0 Å². The van der Waals surface area contributed by atoms with Crippen LogP contribution in [0.2, 0.25) is 10.0 Å². The summed E-state index contributed by atoms with van der Waals surface area (Å²) in [4.78, 5) is 24.9. The molecule has 0 bridgehead atoms. The van der Waals surface area contributed by atoms with Crippen molar-refractivity contribution in [1.29, 1.82) is 0 Å². The van der Waals surface area contributed by atoms with Gasteiger partial charge in [0.2, 0.25) is 0 Å². The molecule has 2 heterocycles. The minimum Gasteiger partial charge on any atom is -0.492 e. The number of carbonyl (C=O) groups is 2. The molecular formula is C44H48Cl2N2O4. The molecule has 4 aliphatic rings. The molecule has 2 fully saturated rings. The second-order valence-electron chi connectivity index (χ2n) is 15.3. The lowest BCUT2D eigenvalue weighted by atomic mass is 9.66. The summed E-state index contributed by atoms with van der Waals surface area (Å²) in [5.41, 5.74) is 4.41. The summed E-state index contributed by atoms with van der Waals surface area (Å²) in [6, 6.07) is 31.3. The number of halogens is 2. The van der Waals surface area contributed by atoms with E-state index in [9.17, 15) is 9.59 Å². The Bertz CT molecular complexity index is 1730. The number of rotatable bonds is 6. The van der Waals surface area contributed by atoms with Crippen LogP contribution < -0.4 is 20.1 Å². The van der Waals surface area contributed by atoms with Crippen LogP contribution in [0.4, 0.5) is 0 Å². The van der Waals surface area contributed by atoms with Gasteiger partial charge in [-0.25, -0.2) is 0 Å². The fourth-order valence-electron chi connectivity index (χ4n) is 8.88. The molecule has 0 unspecified atom stereocenters. The minimum absolute atomic E-state index is 0.0241. The Morgan fingerprint density at radius 1 is 0.577 bits per heavy atom. The Morgan fingerprint density at radius 3 is 1.29 bits per heavy atom. The average molecular weight is 740 g/mol. The van der Waals surface area contributed by atoms with Crippen LogP contribution in [-0.2, 0) is 10.8 Å². The van der Waals surface area contributed by atoms with E-state index >= 15 is 0 Å². The average Bonchev–Trinajstić information content (AvgIpc) is 3.71. The van der Waals surface area contributed by atoms with Crippen LogP contribution >= 0.6 is 23.2 Å². The monoisotopic (exact) mass is 738 g/mol. The first-order valence-corrected chi connectivity index (χ1v) is 19.5. The summed E-state index contributed by atoms with van der Waals surface area (Å²) in [7, 11) is 0. The highest BCUT2D eigenvalue weighted by Gasteiger charge is 2.45. The van der Waals surface area contributed by atoms with E-state index in [1.807, 2.05) is 12.1 Å². The molecule has 2 aliphatic heterocycles. The van der Waals surface area contributed by atoms with Crippen LogP contribution in [0.1, 0.15) is 97.1 Å². The highest BCUT2D eigenvalue weighted by atomic mass is 35.5. The highest BCUT2D eigenvalue weighted by Crippen LogP contribution is 2.50. The van der Waals surface area contributed by atoms with Crippen molar-refractivity contribution >= 4 is 35.0 Å². The quantitative estimate of drug-likeness (QED) is 0.207. The smallest absolute Gasteiger partial charge is 0.251 e. The Kier molecular flexibility index (Phi) is 10.9. The van der Waals surface area contributed by atoms with Gasteiger partial charge in [-0.05, 0) is 138 Å². The molecule has 2 amide bonds. The second-order valence-corrected chi connectivity index (χ2v) is 16.2. The Labute approximate surface area is 317 Å². The maximum Gasteiger partial charge on any atom is 0.251 e. The zero-order valence-electron chi connectivity index (χ0n) is 30.0. The zero-order chi connectivity index (χ0) is 36.3. The number of hydrogen-bond donors (Lipinski definition) is 2. The van der Waals surface area contributed by atoms with E-state index in [4.69, 9.17) is 32.7 Å². The van der Waals surface area contributed by atoms with Gasteiger partial charge in [-0.1, -0.05) is 59.6 Å². The number of carbonyl (C=O) groups excluding carboxylic acids is 2. The van der Waals surface area contributed by atoms with Crippen molar-refractivity contribution in [2.45, 2.75) is 88.1 Å². The number of fused-ring (bicyclic) bond motifs is 4. The maximum atomic E-state index is 12.4. The first-order chi connectivity index (χ1) is 25.1.